The third-order valence-electron chi connectivity index (χ3n) is 7.98. The molecule has 0 spiro atoms. The Morgan fingerprint density at radius 1 is 0.943 bits per heavy atom. The maximum absolute atomic E-state index is 12.6. The molecular weight excluding hydrogens is 434 g/mol. The second-order valence-electron chi connectivity index (χ2n) is 10.1. The van der Waals surface area contributed by atoms with E-state index in [4.69, 9.17) is 0 Å². The largest absolute Gasteiger partial charge is 0.298 e. The number of carbonyl (C=O) groups excluding carboxylic acids is 2. The number of carbonyl (C=O) groups is 2. The van der Waals surface area contributed by atoms with Gasteiger partial charge in [0.1, 0.15) is 0 Å². The number of fused-ring (bicyclic) bond motifs is 1. The fraction of sp³-hybridized carbons (Fsp3) is 0.400. The van der Waals surface area contributed by atoms with Crippen LogP contribution in [-0.4, -0.2) is 53.8 Å². The summed E-state index contributed by atoms with van der Waals surface area (Å²) in [6, 6.07) is 22.3. The summed E-state index contributed by atoms with van der Waals surface area (Å²) in [5.41, 5.74) is 1.99. The van der Waals surface area contributed by atoms with Crippen LogP contribution in [0.15, 0.2) is 85.0 Å². The molecule has 0 saturated carbocycles. The van der Waals surface area contributed by atoms with Crippen LogP contribution < -0.4 is 5.32 Å². The van der Waals surface area contributed by atoms with Gasteiger partial charge in [0, 0.05) is 25.7 Å². The van der Waals surface area contributed by atoms with E-state index in [0.717, 1.165) is 39.0 Å². The molecule has 0 aromatic heterocycles. The molecule has 2 aromatic carbocycles. The summed E-state index contributed by atoms with van der Waals surface area (Å²) in [6.07, 6.45) is 10.3. The predicted octanol–water partition coefficient (Wildman–Crippen LogP) is 4.34. The van der Waals surface area contributed by atoms with Crippen molar-refractivity contribution in [2.24, 2.45) is 11.3 Å². The molecule has 0 radical (unpaired) electrons. The van der Waals surface area contributed by atoms with E-state index in [1.807, 2.05) is 24.3 Å². The highest BCUT2D eigenvalue weighted by atomic mass is 16.2. The summed E-state index contributed by atoms with van der Waals surface area (Å²) in [7, 11) is 0. The second-order valence-corrected chi connectivity index (χ2v) is 10.1. The van der Waals surface area contributed by atoms with Gasteiger partial charge in [-0.05, 0) is 37.4 Å². The molecule has 2 heterocycles. The second kappa shape index (κ2) is 10.3. The summed E-state index contributed by atoms with van der Waals surface area (Å²) in [6.45, 7) is 6.42. The van der Waals surface area contributed by atoms with Crippen molar-refractivity contribution >= 4 is 11.8 Å². The van der Waals surface area contributed by atoms with Crippen LogP contribution in [-0.2, 0) is 9.59 Å². The zero-order valence-corrected chi connectivity index (χ0v) is 20.5. The Bertz CT molecular complexity index is 1060. The Kier molecular flexibility index (Phi) is 6.98. The van der Waals surface area contributed by atoms with E-state index in [9.17, 15) is 9.59 Å². The van der Waals surface area contributed by atoms with E-state index in [2.05, 4.69) is 82.7 Å². The Balaban J connectivity index is 1.18. The van der Waals surface area contributed by atoms with E-state index in [1.165, 1.54) is 11.1 Å². The van der Waals surface area contributed by atoms with Crippen molar-refractivity contribution in [3.8, 4) is 0 Å². The number of unbranched alkanes of at least 4 members (excludes halogenated alkanes) is 1. The summed E-state index contributed by atoms with van der Waals surface area (Å²) >= 11 is 0. The van der Waals surface area contributed by atoms with E-state index in [1.54, 1.807) is 0 Å². The van der Waals surface area contributed by atoms with Crippen LogP contribution in [0.1, 0.15) is 43.4 Å². The Labute approximate surface area is 208 Å². The molecular formula is C30H35N3O2. The van der Waals surface area contributed by atoms with Gasteiger partial charge in [-0.15, -0.1) is 0 Å². The van der Waals surface area contributed by atoms with Gasteiger partial charge in [0.15, 0.2) is 0 Å². The fourth-order valence-corrected chi connectivity index (χ4v) is 6.08. The SMILES string of the molecule is CC1CN(C(c2ccccc2)c2ccccc2)CCN1CCCCC12C=CC=CC1C(=O)NC2=O. The van der Waals surface area contributed by atoms with Crippen LogP contribution in [0.25, 0.3) is 0 Å². The lowest BCUT2D eigenvalue weighted by Gasteiger charge is -2.43. The molecule has 3 atom stereocenters. The van der Waals surface area contributed by atoms with Crippen molar-refractivity contribution < 1.29 is 9.59 Å². The summed E-state index contributed by atoms with van der Waals surface area (Å²) in [5, 5.41) is 2.54. The number of rotatable bonds is 8. The topological polar surface area (TPSA) is 52.6 Å². The molecule has 182 valence electrons. The van der Waals surface area contributed by atoms with Crippen LogP contribution in [0.4, 0.5) is 0 Å². The molecule has 0 bridgehead atoms. The number of nitrogens with one attached hydrogen (secondary N) is 1. The summed E-state index contributed by atoms with van der Waals surface area (Å²) in [5.74, 6) is -0.648. The van der Waals surface area contributed by atoms with E-state index < -0.39 is 5.41 Å². The molecule has 3 unspecified atom stereocenters. The van der Waals surface area contributed by atoms with Crippen LogP contribution in [0, 0.1) is 11.3 Å². The lowest BCUT2D eigenvalue weighted by Crippen LogP contribution is -2.53. The van der Waals surface area contributed by atoms with Crippen LogP contribution in [0.3, 0.4) is 0 Å². The summed E-state index contributed by atoms with van der Waals surface area (Å²) in [4.78, 5) is 30.0. The molecule has 3 aliphatic rings. The number of hydrogen-bond donors (Lipinski definition) is 1. The zero-order valence-electron chi connectivity index (χ0n) is 20.5. The van der Waals surface area contributed by atoms with Gasteiger partial charge in [0.05, 0.1) is 17.4 Å². The predicted molar refractivity (Wildman–Crippen MR) is 139 cm³/mol. The quantitative estimate of drug-likeness (QED) is 0.462. The number of nitrogens with zero attached hydrogens (tertiary/aromatic N) is 2. The van der Waals surface area contributed by atoms with Crippen molar-refractivity contribution in [2.45, 2.75) is 38.3 Å². The number of benzene rings is 2. The number of piperazine rings is 1. The molecule has 2 fully saturated rings. The first-order valence-electron chi connectivity index (χ1n) is 12.9. The van der Waals surface area contributed by atoms with Gasteiger partial charge in [0.25, 0.3) is 0 Å². The monoisotopic (exact) mass is 469 g/mol. The van der Waals surface area contributed by atoms with E-state index >= 15 is 0 Å². The van der Waals surface area contributed by atoms with Gasteiger partial charge in [-0.1, -0.05) is 91.4 Å². The average Bonchev–Trinajstić information content (AvgIpc) is 3.14. The molecule has 2 amide bonds. The molecule has 1 N–H and O–H groups in total. The lowest BCUT2D eigenvalue weighted by atomic mass is 9.71. The third kappa shape index (κ3) is 4.75. The normalized spacial score (nSPS) is 26.8. The third-order valence-corrected chi connectivity index (χ3v) is 7.98. The first-order valence-corrected chi connectivity index (χ1v) is 12.9. The molecule has 1 aliphatic carbocycles. The van der Waals surface area contributed by atoms with Crippen molar-refractivity contribution in [1.82, 2.24) is 15.1 Å². The van der Waals surface area contributed by atoms with Gasteiger partial charge in [0.2, 0.25) is 11.8 Å². The Hall–Kier alpha value is -3.02. The van der Waals surface area contributed by atoms with Crippen LogP contribution >= 0.6 is 0 Å². The van der Waals surface area contributed by atoms with Gasteiger partial charge in [-0.25, -0.2) is 0 Å². The molecule has 2 aliphatic heterocycles. The number of amides is 2. The van der Waals surface area contributed by atoms with Crippen molar-refractivity contribution in [3.63, 3.8) is 0 Å². The molecule has 2 aromatic rings. The number of hydrogen-bond acceptors (Lipinski definition) is 4. The Morgan fingerprint density at radius 3 is 2.29 bits per heavy atom. The first-order chi connectivity index (χ1) is 17.1. The maximum Gasteiger partial charge on any atom is 0.237 e. The number of allylic oxidation sites excluding steroid dienone is 2. The van der Waals surface area contributed by atoms with Crippen molar-refractivity contribution in [1.29, 1.82) is 0 Å². The minimum Gasteiger partial charge on any atom is -0.298 e. The van der Waals surface area contributed by atoms with Gasteiger partial charge >= 0.3 is 0 Å². The lowest BCUT2D eigenvalue weighted by molar-refractivity contribution is -0.127. The average molecular weight is 470 g/mol. The van der Waals surface area contributed by atoms with E-state index in [-0.39, 0.29) is 23.8 Å². The summed E-state index contributed by atoms with van der Waals surface area (Å²) < 4.78 is 0. The zero-order chi connectivity index (χ0) is 24.3. The highest BCUT2D eigenvalue weighted by Crippen LogP contribution is 2.42. The maximum atomic E-state index is 12.6. The molecule has 5 nitrogen and oxygen atoms in total. The van der Waals surface area contributed by atoms with Gasteiger partial charge in [-0.2, -0.15) is 0 Å². The minimum atomic E-state index is -0.686. The fourth-order valence-electron chi connectivity index (χ4n) is 6.08. The van der Waals surface area contributed by atoms with Gasteiger partial charge in [-0.3, -0.25) is 24.7 Å². The van der Waals surface area contributed by atoms with Crippen molar-refractivity contribution in [2.75, 3.05) is 26.2 Å². The minimum absolute atomic E-state index is 0.136. The smallest absolute Gasteiger partial charge is 0.237 e. The molecule has 5 rings (SSSR count). The van der Waals surface area contributed by atoms with Crippen LogP contribution in [0.2, 0.25) is 0 Å². The van der Waals surface area contributed by atoms with Gasteiger partial charge < -0.3 is 0 Å². The number of imide groups is 1. The molecule has 35 heavy (non-hydrogen) atoms. The molecule has 2 saturated heterocycles. The van der Waals surface area contributed by atoms with Crippen LogP contribution in [0.5, 0.6) is 0 Å². The first kappa shape index (κ1) is 23.7. The highest BCUT2D eigenvalue weighted by molar-refractivity contribution is 6.09. The Morgan fingerprint density at radius 2 is 1.63 bits per heavy atom. The standard InChI is InChI=1S/C30H35N3O2/c1-23-22-33(27(24-12-4-2-5-13-24)25-14-6-3-7-15-25)21-20-32(23)19-11-10-18-30-17-9-8-16-26(30)28(34)31-29(30)35/h2-9,12-17,23,26-27H,10-11,18-22H2,1H3,(H,31,34,35). The molecule has 5 heteroatoms. The van der Waals surface area contributed by atoms with E-state index in [0.29, 0.717) is 12.5 Å². The highest BCUT2D eigenvalue weighted by Gasteiger charge is 2.52. The van der Waals surface area contributed by atoms with Crippen molar-refractivity contribution in [3.05, 3.63) is 96.1 Å².